The fourth-order valence-corrected chi connectivity index (χ4v) is 0.860. The third-order valence-corrected chi connectivity index (χ3v) is 1.42. The van der Waals surface area contributed by atoms with E-state index in [-0.39, 0.29) is 18.5 Å². The van der Waals surface area contributed by atoms with Crippen LogP contribution in [0.25, 0.3) is 0 Å². The molecule has 4 nitrogen and oxygen atoms in total. The van der Waals surface area contributed by atoms with E-state index in [1.807, 2.05) is 0 Å². The maximum Gasteiger partial charge on any atom is 0.324 e. The molecule has 0 unspecified atom stereocenters. The van der Waals surface area contributed by atoms with Gasteiger partial charge in [-0.05, 0) is 0 Å². The van der Waals surface area contributed by atoms with Crippen LogP contribution in [0.5, 0.6) is 0 Å². The van der Waals surface area contributed by atoms with Crippen molar-refractivity contribution in [1.82, 2.24) is 10.2 Å². The van der Waals surface area contributed by atoms with Crippen LogP contribution < -0.4 is 5.32 Å². The van der Waals surface area contributed by atoms with Gasteiger partial charge in [-0.25, -0.2) is 4.79 Å². The Hall–Kier alpha value is -1.50. The number of nitrogens with one attached hydrogen (secondary N) is 1. The minimum Gasteiger partial charge on any atom is -0.313 e. The number of carbonyl (C=O) groups is 2. The van der Waals surface area contributed by atoms with Gasteiger partial charge in [0.15, 0.2) is 0 Å². The molecule has 0 saturated carbocycles. The Balaban J connectivity index is 2.52. The molecule has 11 heavy (non-hydrogen) atoms. The molecule has 0 spiro atoms. The Morgan fingerprint density at radius 3 is 2.91 bits per heavy atom. The number of hydrogen-bond acceptors (Lipinski definition) is 2. The van der Waals surface area contributed by atoms with Crippen molar-refractivity contribution < 1.29 is 9.59 Å². The predicted molar refractivity (Wildman–Crippen MR) is 38.6 cm³/mol. The average molecular weight is 152 g/mol. The first kappa shape index (κ1) is 7.61. The number of carbonyl (C=O) groups excluding carboxylic acids is 2. The van der Waals surface area contributed by atoms with Crippen LogP contribution in [0.3, 0.4) is 0 Å². The summed E-state index contributed by atoms with van der Waals surface area (Å²) in [6.45, 7) is 0.688. The third kappa shape index (κ3) is 1.71. The smallest absolute Gasteiger partial charge is 0.313 e. The Kier molecular flexibility index (Phi) is 2.12. The van der Waals surface area contributed by atoms with Gasteiger partial charge >= 0.3 is 6.03 Å². The Morgan fingerprint density at radius 2 is 2.36 bits per heavy atom. The van der Waals surface area contributed by atoms with Gasteiger partial charge in [0.05, 0.1) is 6.54 Å². The Bertz CT molecular complexity index is 229. The second-order valence-electron chi connectivity index (χ2n) is 2.23. The number of rotatable bonds is 1. The number of terminal acetylenes is 1. The molecule has 0 aromatic heterocycles. The van der Waals surface area contributed by atoms with Crippen molar-refractivity contribution in [2.45, 2.75) is 6.42 Å². The molecule has 3 amide bonds. The zero-order chi connectivity index (χ0) is 8.27. The minimum atomic E-state index is -0.390. The summed E-state index contributed by atoms with van der Waals surface area (Å²) in [5.74, 6) is 2.10. The topological polar surface area (TPSA) is 49.4 Å². The second kappa shape index (κ2) is 3.06. The van der Waals surface area contributed by atoms with E-state index < -0.39 is 0 Å². The summed E-state index contributed by atoms with van der Waals surface area (Å²) >= 11 is 0. The van der Waals surface area contributed by atoms with Gasteiger partial charge in [0.1, 0.15) is 0 Å². The largest absolute Gasteiger partial charge is 0.324 e. The van der Waals surface area contributed by atoms with Crippen molar-refractivity contribution in [3.8, 4) is 12.3 Å². The maximum atomic E-state index is 10.9. The highest BCUT2D eigenvalue weighted by molar-refractivity contribution is 5.96. The van der Waals surface area contributed by atoms with E-state index in [9.17, 15) is 9.59 Å². The monoisotopic (exact) mass is 152 g/mol. The lowest BCUT2D eigenvalue weighted by atomic mass is 10.3. The lowest BCUT2D eigenvalue weighted by Crippen LogP contribution is -2.49. The Labute approximate surface area is 64.6 Å². The summed E-state index contributed by atoms with van der Waals surface area (Å²) in [6, 6.07) is -0.390. The molecule has 1 N–H and O–H groups in total. The molecule has 4 heteroatoms. The predicted octanol–water partition coefficient (Wildman–Crippen LogP) is -0.438. The SMILES string of the molecule is C#CCN1CCC(=O)NC1=O. The highest BCUT2D eigenvalue weighted by Gasteiger charge is 2.21. The van der Waals surface area contributed by atoms with Crippen LogP contribution in [0, 0.1) is 12.3 Å². The summed E-state index contributed by atoms with van der Waals surface area (Å²) in [5, 5.41) is 2.17. The van der Waals surface area contributed by atoms with Crippen LogP contribution in [-0.4, -0.2) is 29.9 Å². The van der Waals surface area contributed by atoms with Gasteiger partial charge in [0.25, 0.3) is 0 Å². The molecule has 1 aliphatic heterocycles. The van der Waals surface area contributed by atoms with Crippen molar-refractivity contribution >= 4 is 11.9 Å². The van der Waals surface area contributed by atoms with E-state index >= 15 is 0 Å². The average Bonchev–Trinajstić information content (AvgIpc) is 1.95. The second-order valence-corrected chi connectivity index (χ2v) is 2.23. The van der Waals surface area contributed by atoms with Crippen molar-refractivity contribution in [2.24, 2.45) is 0 Å². The van der Waals surface area contributed by atoms with Crippen LogP contribution in [0.15, 0.2) is 0 Å². The van der Waals surface area contributed by atoms with Gasteiger partial charge in [0, 0.05) is 13.0 Å². The van der Waals surface area contributed by atoms with Crippen LogP contribution in [0.4, 0.5) is 4.79 Å². The summed E-state index contributed by atoms with van der Waals surface area (Å²) in [6.07, 6.45) is 5.34. The molecule has 1 heterocycles. The molecule has 0 aliphatic carbocycles. The van der Waals surface area contributed by atoms with Crippen LogP contribution in [-0.2, 0) is 4.79 Å². The van der Waals surface area contributed by atoms with E-state index in [2.05, 4.69) is 11.2 Å². The summed E-state index contributed by atoms with van der Waals surface area (Å²) in [4.78, 5) is 22.9. The molecule has 1 rings (SSSR count). The molecule has 1 aliphatic rings. The number of imide groups is 1. The van der Waals surface area contributed by atoms with Crippen molar-refractivity contribution in [3.63, 3.8) is 0 Å². The first-order valence-corrected chi connectivity index (χ1v) is 3.26. The standard InChI is InChI=1S/C7H8N2O2/c1-2-4-9-5-3-6(10)8-7(9)11/h1H,3-5H2,(H,8,10,11). The van der Waals surface area contributed by atoms with Gasteiger partial charge < -0.3 is 4.90 Å². The lowest BCUT2D eigenvalue weighted by Gasteiger charge is -2.23. The van der Waals surface area contributed by atoms with Crippen LogP contribution in [0.2, 0.25) is 0 Å². The van der Waals surface area contributed by atoms with Gasteiger partial charge in [-0.2, -0.15) is 0 Å². The first-order chi connectivity index (χ1) is 5.24. The van der Waals surface area contributed by atoms with E-state index in [1.54, 1.807) is 0 Å². The zero-order valence-electron chi connectivity index (χ0n) is 5.96. The number of urea groups is 1. The number of nitrogens with zero attached hydrogens (tertiary/aromatic N) is 1. The van der Waals surface area contributed by atoms with Gasteiger partial charge in [-0.1, -0.05) is 5.92 Å². The molecule has 58 valence electrons. The quantitative estimate of drug-likeness (QED) is 0.518. The van der Waals surface area contributed by atoms with Crippen molar-refractivity contribution in [1.29, 1.82) is 0 Å². The number of amides is 3. The first-order valence-electron chi connectivity index (χ1n) is 3.26. The van der Waals surface area contributed by atoms with E-state index in [0.29, 0.717) is 13.0 Å². The normalized spacial score (nSPS) is 17.5. The van der Waals surface area contributed by atoms with E-state index in [4.69, 9.17) is 6.42 Å². The maximum absolute atomic E-state index is 10.9. The molecule has 1 fully saturated rings. The fraction of sp³-hybridized carbons (Fsp3) is 0.429. The van der Waals surface area contributed by atoms with Gasteiger partial charge in [-0.3, -0.25) is 10.1 Å². The van der Waals surface area contributed by atoms with Crippen molar-refractivity contribution in [2.75, 3.05) is 13.1 Å². The molecule has 0 aromatic rings. The zero-order valence-corrected chi connectivity index (χ0v) is 5.96. The molecule has 0 aromatic carbocycles. The molecule has 0 bridgehead atoms. The highest BCUT2D eigenvalue weighted by Crippen LogP contribution is 1.98. The molecule has 1 saturated heterocycles. The van der Waals surface area contributed by atoms with Crippen molar-refractivity contribution in [3.05, 3.63) is 0 Å². The van der Waals surface area contributed by atoms with E-state index in [0.717, 1.165) is 0 Å². The molecular weight excluding hydrogens is 144 g/mol. The molecule has 0 atom stereocenters. The van der Waals surface area contributed by atoms with Crippen LogP contribution in [0.1, 0.15) is 6.42 Å². The van der Waals surface area contributed by atoms with E-state index in [1.165, 1.54) is 4.90 Å². The van der Waals surface area contributed by atoms with Crippen LogP contribution >= 0.6 is 0 Å². The highest BCUT2D eigenvalue weighted by atomic mass is 16.2. The molecular formula is C7H8N2O2. The van der Waals surface area contributed by atoms with Gasteiger partial charge in [-0.15, -0.1) is 6.42 Å². The number of hydrogen-bond donors (Lipinski definition) is 1. The third-order valence-electron chi connectivity index (χ3n) is 1.42. The fourth-order valence-electron chi connectivity index (χ4n) is 0.860. The van der Waals surface area contributed by atoms with Gasteiger partial charge in [0.2, 0.25) is 5.91 Å². The Morgan fingerprint density at radius 1 is 1.64 bits per heavy atom. The minimum absolute atomic E-state index is 0.233. The summed E-state index contributed by atoms with van der Waals surface area (Å²) in [7, 11) is 0. The summed E-state index contributed by atoms with van der Waals surface area (Å²) in [5.41, 5.74) is 0. The molecule has 0 radical (unpaired) electrons. The lowest BCUT2D eigenvalue weighted by molar-refractivity contribution is -0.121. The summed E-state index contributed by atoms with van der Waals surface area (Å²) < 4.78 is 0.